The Morgan fingerprint density at radius 3 is 1.44 bits per heavy atom. The number of hydrogen-bond acceptors (Lipinski definition) is 6. The van der Waals surface area contributed by atoms with Gasteiger partial charge in [0.2, 0.25) is 0 Å². The fourth-order valence-electron chi connectivity index (χ4n) is 10.7. The van der Waals surface area contributed by atoms with E-state index < -0.39 is 5.41 Å². The van der Waals surface area contributed by atoms with E-state index in [9.17, 15) is 0 Å². The van der Waals surface area contributed by atoms with Crippen molar-refractivity contribution in [1.29, 1.82) is 0 Å². The van der Waals surface area contributed by atoms with E-state index in [0.29, 0.717) is 0 Å². The van der Waals surface area contributed by atoms with E-state index in [-0.39, 0.29) is 0 Å². The Labute approximate surface area is 405 Å². The summed E-state index contributed by atoms with van der Waals surface area (Å²) in [5.74, 6) is 1.57. The lowest BCUT2D eigenvalue weighted by Crippen LogP contribution is -2.38. The largest absolute Gasteiger partial charge is 0.310 e. The van der Waals surface area contributed by atoms with Gasteiger partial charge in [-0.2, -0.15) is 0 Å². The number of fused-ring (bicyclic) bond motifs is 5. The number of rotatable bonds is 9. The lowest BCUT2D eigenvalue weighted by atomic mass is 9.62. The van der Waals surface area contributed by atoms with Crippen molar-refractivity contribution in [1.82, 2.24) is 24.5 Å². The molecule has 0 bridgehead atoms. The summed E-state index contributed by atoms with van der Waals surface area (Å²) in [7, 11) is 0. The Hall–Kier alpha value is -9.46. The molecule has 0 fully saturated rings. The van der Waals surface area contributed by atoms with Crippen molar-refractivity contribution in [3.63, 3.8) is 0 Å². The van der Waals surface area contributed by atoms with Gasteiger partial charge in [-0.05, 0) is 100 Å². The van der Waals surface area contributed by atoms with Crippen molar-refractivity contribution >= 4 is 56.1 Å². The average molecular weight is 898 g/mol. The number of benzene rings is 8. The summed E-state index contributed by atoms with van der Waals surface area (Å²) in [5.41, 5.74) is 15.3. The predicted octanol–water partition coefficient (Wildman–Crippen LogP) is 15.3. The molecule has 0 unspecified atom stereocenters. The lowest BCUT2D eigenvalue weighted by Gasteiger charge is -2.46. The number of para-hydroxylation sites is 4. The van der Waals surface area contributed by atoms with E-state index in [1.165, 1.54) is 33.0 Å². The molecule has 0 radical (unpaired) electrons. The Balaban J connectivity index is 1.09. The number of nitrogens with zero attached hydrogens (tertiary/aromatic N) is 7. The number of pyridine rings is 2. The summed E-state index contributed by atoms with van der Waals surface area (Å²) < 4.78 is 2.32. The van der Waals surface area contributed by atoms with Crippen LogP contribution in [0.4, 0.5) is 34.3 Å². The second-order valence-electron chi connectivity index (χ2n) is 17.5. The number of anilines is 6. The van der Waals surface area contributed by atoms with Crippen LogP contribution in [-0.2, 0) is 5.41 Å². The van der Waals surface area contributed by atoms with Gasteiger partial charge in [0.05, 0.1) is 39.2 Å². The highest BCUT2D eigenvalue weighted by atomic mass is 15.2. The zero-order chi connectivity index (χ0) is 46.4. The molecule has 0 N–H and O–H groups in total. The standard InChI is InChI=1S/C63H43N7/c1-3-15-47(16-4-1)63(48-17-5-2-6-18-48)54-21-9-13-25-59(54)70(60-26-14-10-22-55(60)63)62-42-51(41-61(67-62)69-57-23-11-7-19-52(57)53-20-8-12-24-58(53)69)68(49-31-27-44(28-32-49)45-35-38-64-39-36-45)50-33-29-46(30-34-50)56-37-40-65-43-66-56/h1-43H. The van der Waals surface area contributed by atoms with Gasteiger partial charge >= 0.3 is 0 Å². The molecule has 0 amide bonds. The van der Waals surface area contributed by atoms with E-state index in [1.807, 2.05) is 30.6 Å². The molecule has 330 valence electrons. The Morgan fingerprint density at radius 1 is 0.386 bits per heavy atom. The van der Waals surface area contributed by atoms with Crippen molar-refractivity contribution in [3.05, 3.63) is 284 Å². The fourth-order valence-corrected chi connectivity index (χ4v) is 10.7. The number of hydrogen-bond donors (Lipinski definition) is 0. The second-order valence-corrected chi connectivity index (χ2v) is 17.5. The van der Waals surface area contributed by atoms with Crippen LogP contribution in [0.2, 0.25) is 0 Å². The van der Waals surface area contributed by atoms with Crippen molar-refractivity contribution < 1.29 is 0 Å². The molecule has 8 aromatic carbocycles. The topological polar surface area (TPSA) is 63.0 Å². The summed E-state index contributed by atoms with van der Waals surface area (Å²) >= 11 is 0. The molecule has 5 heterocycles. The molecule has 0 saturated carbocycles. The number of aromatic nitrogens is 5. The van der Waals surface area contributed by atoms with Crippen LogP contribution in [0, 0.1) is 0 Å². The maximum atomic E-state index is 5.81. The summed E-state index contributed by atoms with van der Waals surface area (Å²) in [6.07, 6.45) is 7.05. The molecule has 0 saturated heterocycles. The molecule has 13 rings (SSSR count). The molecule has 70 heavy (non-hydrogen) atoms. The minimum absolute atomic E-state index is 0.631. The average Bonchev–Trinajstić information content (AvgIpc) is 3.78. The quantitative estimate of drug-likeness (QED) is 0.144. The van der Waals surface area contributed by atoms with Crippen LogP contribution in [0.25, 0.3) is 50.0 Å². The molecule has 12 aromatic rings. The van der Waals surface area contributed by atoms with Gasteiger partial charge in [-0.25, -0.2) is 15.0 Å². The van der Waals surface area contributed by atoms with E-state index in [4.69, 9.17) is 4.98 Å². The van der Waals surface area contributed by atoms with Crippen molar-refractivity contribution in [3.8, 4) is 28.2 Å². The highest BCUT2D eigenvalue weighted by Gasteiger charge is 2.46. The van der Waals surface area contributed by atoms with Gasteiger partial charge in [-0.1, -0.05) is 158 Å². The van der Waals surface area contributed by atoms with Gasteiger partial charge < -0.3 is 4.90 Å². The third kappa shape index (κ3) is 6.66. The normalized spacial score (nSPS) is 12.7. The molecule has 1 aliphatic rings. The van der Waals surface area contributed by atoms with Crippen LogP contribution < -0.4 is 9.80 Å². The van der Waals surface area contributed by atoms with Crippen molar-refractivity contribution in [2.75, 3.05) is 9.80 Å². The Kier molecular flexibility index (Phi) is 9.91. The maximum Gasteiger partial charge on any atom is 0.142 e. The monoisotopic (exact) mass is 897 g/mol. The van der Waals surface area contributed by atoms with E-state index in [0.717, 1.165) is 73.5 Å². The smallest absolute Gasteiger partial charge is 0.142 e. The van der Waals surface area contributed by atoms with Gasteiger partial charge in [0.25, 0.3) is 0 Å². The van der Waals surface area contributed by atoms with Crippen LogP contribution in [0.15, 0.2) is 262 Å². The van der Waals surface area contributed by atoms with Crippen LogP contribution in [0.5, 0.6) is 0 Å². The molecule has 0 aliphatic carbocycles. The Morgan fingerprint density at radius 2 is 0.871 bits per heavy atom. The second kappa shape index (κ2) is 17.0. The lowest BCUT2D eigenvalue weighted by molar-refractivity contribution is 0.730. The fraction of sp³-hybridized carbons (Fsp3) is 0.0159. The highest BCUT2D eigenvalue weighted by molar-refractivity contribution is 6.09. The van der Waals surface area contributed by atoms with Crippen molar-refractivity contribution in [2.45, 2.75) is 5.41 Å². The first-order valence-electron chi connectivity index (χ1n) is 23.5. The molecular weight excluding hydrogens is 855 g/mol. The minimum atomic E-state index is -0.631. The zero-order valence-corrected chi connectivity index (χ0v) is 38.0. The van der Waals surface area contributed by atoms with Gasteiger partial charge in [0.15, 0.2) is 0 Å². The van der Waals surface area contributed by atoms with Crippen LogP contribution >= 0.6 is 0 Å². The summed E-state index contributed by atoms with van der Waals surface area (Å²) in [6, 6.07) is 84.8. The van der Waals surface area contributed by atoms with Crippen LogP contribution in [0.1, 0.15) is 22.3 Å². The predicted molar refractivity (Wildman–Crippen MR) is 284 cm³/mol. The molecule has 7 nitrogen and oxygen atoms in total. The molecular formula is C63H43N7. The van der Waals surface area contributed by atoms with Crippen molar-refractivity contribution in [2.24, 2.45) is 0 Å². The van der Waals surface area contributed by atoms with Gasteiger partial charge in [0.1, 0.15) is 18.0 Å². The van der Waals surface area contributed by atoms with Crippen LogP contribution in [-0.4, -0.2) is 24.5 Å². The van der Waals surface area contributed by atoms with Gasteiger partial charge in [-0.3, -0.25) is 14.5 Å². The SMILES string of the molecule is c1ccc(C2(c3ccccc3)c3ccccc3N(c3cc(N(c4ccc(-c5ccncc5)cc4)c4ccc(-c5ccncn5)cc4)cc(-n4c5ccccc5c5ccccc54)n3)c3ccccc32)cc1. The van der Waals surface area contributed by atoms with E-state index in [2.05, 4.69) is 248 Å². The minimum Gasteiger partial charge on any atom is -0.310 e. The highest BCUT2D eigenvalue weighted by Crippen LogP contribution is 2.58. The summed E-state index contributed by atoms with van der Waals surface area (Å²) in [4.78, 5) is 23.5. The Bertz CT molecular complexity index is 3600. The first-order valence-corrected chi connectivity index (χ1v) is 23.5. The molecule has 7 heteroatoms. The third-order valence-electron chi connectivity index (χ3n) is 13.7. The first-order chi connectivity index (χ1) is 34.7. The summed E-state index contributed by atoms with van der Waals surface area (Å²) in [5, 5.41) is 2.33. The molecule has 0 spiro atoms. The molecule has 4 aromatic heterocycles. The molecule has 1 aliphatic heterocycles. The van der Waals surface area contributed by atoms with Gasteiger partial charge in [-0.15, -0.1) is 0 Å². The molecule has 0 atom stereocenters. The van der Waals surface area contributed by atoms with Crippen LogP contribution in [0.3, 0.4) is 0 Å². The third-order valence-corrected chi connectivity index (χ3v) is 13.7. The van der Waals surface area contributed by atoms with Gasteiger partial charge in [0, 0.05) is 58.4 Å². The summed E-state index contributed by atoms with van der Waals surface area (Å²) in [6.45, 7) is 0. The first kappa shape index (κ1) is 40.8. The van der Waals surface area contributed by atoms with E-state index >= 15 is 0 Å². The maximum absolute atomic E-state index is 5.81. The van der Waals surface area contributed by atoms with E-state index in [1.54, 1.807) is 12.5 Å². The zero-order valence-electron chi connectivity index (χ0n) is 38.0.